The predicted molar refractivity (Wildman–Crippen MR) is 48.4 cm³/mol. The van der Waals surface area contributed by atoms with E-state index in [-0.39, 0.29) is 0 Å². The van der Waals surface area contributed by atoms with Crippen molar-refractivity contribution in [1.82, 2.24) is 5.32 Å². The normalized spacial score (nSPS) is 13.6. The standard InChI is InChI=1S/C6H10N2.C2H4O2/c1-2-3-6-7-4-5-8-6;1-2(3)4/h2H,1,3-5H2,(H,7,8);1H3,(H,3,4). The summed E-state index contributed by atoms with van der Waals surface area (Å²) in [7, 11) is 0. The van der Waals surface area contributed by atoms with Gasteiger partial charge in [-0.15, -0.1) is 6.58 Å². The molecule has 4 heteroatoms. The Kier molecular flexibility index (Phi) is 5.69. The van der Waals surface area contributed by atoms with Crippen molar-refractivity contribution in [2.75, 3.05) is 13.1 Å². The van der Waals surface area contributed by atoms with E-state index in [0.29, 0.717) is 0 Å². The molecule has 0 spiro atoms. The number of amidine groups is 1. The molecule has 0 amide bonds. The Balaban J connectivity index is 0.000000261. The maximum Gasteiger partial charge on any atom is 0.300 e. The lowest BCUT2D eigenvalue weighted by Gasteiger charge is -1.93. The summed E-state index contributed by atoms with van der Waals surface area (Å²) in [5.41, 5.74) is 0. The highest BCUT2D eigenvalue weighted by atomic mass is 16.4. The Hall–Kier alpha value is -1.32. The number of aliphatic carboxylic acids is 1. The summed E-state index contributed by atoms with van der Waals surface area (Å²) in [5.74, 6) is 0.250. The molecule has 0 radical (unpaired) electrons. The van der Waals surface area contributed by atoms with Crippen LogP contribution in [-0.4, -0.2) is 30.0 Å². The molecule has 4 nitrogen and oxygen atoms in total. The van der Waals surface area contributed by atoms with E-state index in [0.717, 1.165) is 32.3 Å². The number of aliphatic imine (C=N–C) groups is 1. The SMILES string of the molecule is C=CCC1=NCCN1.CC(=O)O. The number of carboxylic acid groups (broad SMARTS) is 1. The average Bonchev–Trinajstić information content (AvgIpc) is 2.39. The molecule has 0 saturated carbocycles. The highest BCUT2D eigenvalue weighted by Gasteiger charge is 1.99. The molecule has 0 aromatic heterocycles. The van der Waals surface area contributed by atoms with Gasteiger partial charge < -0.3 is 10.4 Å². The van der Waals surface area contributed by atoms with Gasteiger partial charge in [0.1, 0.15) is 5.84 Å². The molecule has 1 aliphatic rings. The van der Waals surface area contributed by atoms with Crippen LogP contribution < -0.4 is 5.32 Å². The van der Waals surface area contributed by atoms with Crippen LogP contribution in [0.5, 0.6) is 0 Å². The molecule has 12 heavy (non-hydrogen) atoms. The van der Waals surface area contributed by atoms with E-state index in [1.165, 1.54) is 0 Å². The molecule has 0 fully saturated rings. The van der Waals surface area contributed by atoms with E-state index in [1.54, 1.807) is 0 Å². The van der Waals surface area contributed by atoms with Gasteiger partial charge in [-0.1, -0.05) is 6.08 Å². The highest BCUT2D eigenvalue weighted by Crippen LogP contribution is 1.89. The molecule has 0 bridgehead atoms. The van der Waals surface area contributed by atoms with Crippen LogP contribution in [-0.2, 0) is 4.79 Å². The van der Waals surface area contributed by atoms with Gasteiger partial charge in [-0.05, 0) is 0 Å². The molecule has 0 atom stereocenters. The maximum atomic E-state index is 9.00. The van der Waals surface area contributed by atoms with Gasteiger partial charge in [-0.25, -0.2) is 0 Å². The predicted octanol–water partition coefficient (Wildman–Crippen LogP) is 0.655. The van der Waals surface area contributed by atoms with Gasteiger partial charge >= 0.3 is 0 Å². The second kappa shape index (κ2) is 6.39. The van der Waals surface area contributed by atoms with Gasteiger partial charge in [0.05, 0.1) is 6.54 Å². The zero-order chi connectivity index (χ0) is 9.40. The molecule has 1 heterocycles. The molecule has 2 N–H and O–H groups in total. The van der Waals surface area contributed by atoms with Crippen molar-refractivity contribution in [3.63, 3.8) is 0 Å². The Morgan fingerprint density at radius 2 is 2.50 bits per heavy atom. The van der Waals surface area contributed by atoms with Gasteiger partial charge in [0, 0.05) is 19.9 Å². The molecule has 0 unspecified atom stereocenters. The number of nitrogens with zero attached hydrogens (tertiary/aromatic N) is 1. The fraction of sp³-hybridized carbons (Fsp3) is 0.500. The van der Waals surface area contributed by atoms with Crippen LogP contribution in [0, 0.1) is 0 Å². The molecule has 0 aliphatic carbocycles. The number of hydrogen-bond acceptors (Lipinski definition) is 3. The number of hydrogen-bond donors (Lipinski definition) is 2. The van der Waals surface area contributed by atoms with E-state index < -0.39 is 5.97 Å². The van der Waals surface area contributed by atoms with Crippen molar-refractivity contribution in [1.29, 1.82) is 0 Å². The fourth-order valence-electron chi connectivity index (χ4n) is 0.720. The lowest BCUT2D eigenvalue weighted by Crippen LogP contribution is -2.17. The maximum absolute atomic E-state index is 9.00. The fourth-order valence-corrected chi connectivity index (χ4v) is 0.720. The minimum Gasteiger partial charge on any atom is -0.481 e. The topological polar surface area (TPSA) is 61.7 Å². The second-order valence-electron chi connectivity index (χ2n) is 2.27. The van der Waals surface area contributed by atoms with Crippen LogP contribution in [0.25, 0.3) is 0 Å². The number of nitrogens with one attached hydrogen (secondary N) is 1. The summed E-state index contributed by atoms with van der Waals surface area (Å²) in [6.07, 6.45) is 2.75. The molecule has 1 rings (SSSR count). The smallest absolute Gasteiger partial charge is 0.300 e. The first-order valence-electron chi connectivity index (χ1n) is 3.74. The largest absolute Gasteiger partial charge is 0.481 e. The number of rotatable bonds is 2. The quantitative estimate of drug-likeness (QED) is 0.598. The third-order valence-corrected chi connectivity index (χ3v) is 1.08. The Bertz CT molecular complexity index is 183. The van der Waals surface area contributed by atoms with Crippen LogP contribution in [0.2, 0.25) is 0 Å². The van der Waals surface area contributed by atoms with Crippen LogP contribution in [0.3, 0.4) is 0 Å². The summed E-state index contributed by atoms with van der Waals surface area (Å²) >= 11 is 0. The van der Waals surface area contributed by atoms with E-state index in [9.17, 15) is 0 Å². The Labute approximate surface area is 72.0 Å². The molecule has 0 aromatic carbocycles. The van der Waals surface area contributed by atoms with Gasteiger partial charge in [0.25, 0.3) is 5.97 Å². The zero-order valence-corrected chi connectivity index (χ0v) is 7.21. The molecule has 0 aromatic rings. The van der Waals surface area contributed by atoms with Crippen molar-refractivity contribution < 1.29 is 9.90 Å². The van der Waals surface area contributed by atoms with E-state index in [2.05, 4.69) is 16.9 Å². The molecule has 0 saturated heterocycles. The average molecular weight is 170 g/mol. The summed E-state index contributed by atoms with van der Waals surface area (Å²) in [6.45, 7) is 6.62. The first-order valence-corrected chi connectivity index (χ1v) is 3.74. The molecule has 1 aliphatic heterocycles. The van der Waals surface area contributed by atoms with Crippen molar-refractivity contribution in [2.24, 2.45) is 4.99 Å². The van der Waals surface area contributed by atoms with Crippen molar-refractivity contribution >= 4 is 11.8 Å². The summed E-state index contributed by atoms with van der Waals surface area (Å²) < 4.78 is 0. The molecule has 68 valence electrons. The van der Waals surface area contributed by atoms with E-state index in [4.69, 9.17) is 9.90 Å². The highest BCUT2D eigenvalue weighted by molar-refractivity contribution is 5.84. The summed E-state index contributed by atoms with van der Waals surface area (Å²) in [6, 6.07) is 0. The summed E-state index contributed by atoms with van der Waals surface area (Å²) in [5, 5.41) is 10.6. The lowest BCUT2D eigenvalue weighted by molar-refractivity contribution is -0.134. The van der Waals surface area contributed by atoms with Gasteiger partial charge in [0.15, 0.2) is 0 Å². The zero-order valence-electron chi connectivity index (χ0n) is 7.21. The second-order valence-corrected chi connectivity index (χ2v) is 2.27. The first kappa shape index (κ1) is 10.7. The monoisotopic (exact) mass is 170 g/mol. The van der Waals surface area contributed by atoms with Crippen molar-refractivity contribution in [3.05, 3.63) is 12.7 Å². The van der Waals surface area contributed by atoms with E-state index >= 15 is 0 Å². The van der Waals surface area contributed by atoms with Crippen LogP contribution >= 0.6 is 0 Å². The molecular weight excluding hydrogens is 156 g/mol. The summed E-state index contributed by atoms with van der Waals surface area (Å²) in [4.78, 5) is 13.2. The van der Waals surface area contributed by atoms with Gasteiger partial charge in [-0.2, -0.15) is 0 Å². The number of carbonyl (C=O) groups is 1. The van der Waals surface area contributed by atoms with E-state index in [1.807, 2.05) is 6.08 Å². The van der Waals surface area contributed by atoms with Crippen LogP contribution in [0.15, 0.2) is 17.6 Å². The van der Waals surface area contributed by atoms with Crippen LogP contribution in [0.4, 0.5) is 0 Å². The van der Waals surface area contributed by atoms with Crippen LogP contribution in [0.1, 0.15) is 13.3 Å². The third-order valence-electron chi connectivity index (χ3n) is 1.08. The van der Waals surface area contributed by atoms with Crippen molar-refractivity contribution in [3.8, 4) is 0 Å². The lowest BCUT2D eigenvalue weighted by atomic mass is 10.4. The molecular formula is C8H14N2O2. The minimum absolute atomic E-state index is 0.833. The third kappa shape index (κ3) is 6.80. The number of carboxylic acids is 1. The van der Waals surface area contributed by atoms with Gasteiger partial charge in [0.2, 0.25) is 0 Å². The Morgan fingerprint density at radius 3 is 2.83 bits per heavy atom. The van der Waals surface area contributed by atoms with Crippen molar-refractivity contribution in [2.45, 2.75) is 13.3 Å². The minimum atomic E-state index is -0.833. The Morgan fingerprint density at radius 1 is 1.92 bits per heavy atom. The van der Waals surface area contributed by atoms with Gasteiger partial charge in [-0.3, -0.25) is 9.79 Å². The first-order chi connectivity index (χ1) is 5.66.